The molecule has 0 bridgehead atoms. The second-order valence-corrected chi connectivity index (χ2v) is 3.45. The maximum Gasteiger partial charge on any atom is 0.124 e. The van der Waals surface area contributed by atoms with E-state index in [4.69, 9.17) is 21.4 Å². The minimum atomic E-state index is -0.0528. The number of hydrogen-bond acceptors (Lipinski definition) is 2. The van der Waals surface area contributed by atoms with Gasteiger partial charge in [-0.25, -0.2) is 0 Å². The van der Waals surface area contributed by atoms with Crippen molar-refractivity contribution in [3.05, 3.63) is 28.3 Å². The molecule has 1 aromatic carbocycles. The first-order valence-corrected chi connectivity index (χ1v) is 5.25. The molecule has 0 aliphatic rings. The van der Waals surface area contributed by atoms with Gasteiger partial charge in [0.15, 0.2) is 0 Å². The van der Waals surface area contributed by atoms with Crippen LogP contribution in [0.4, 0.5) is 0 Å². The number of benzene rings is 1. The quantitative estimate of drug-likeness (QED) is 0.852. The zero-order valence-corrected chi connectivity index (χ0v) is 9.52. The second kappa shape index (κ2) is 4.84. The van der Waals surface area contributed by atoms with Crippen molar-refractivity contribution in [1.29, 1.82) is 0 Å². The predicted octanol–water partition coefficient (Wildman–Crippen LogP) is 2.74. The van der Waals surface area contributed by atoms with Crippen molar-refractivity contribution in [2.45, 2.75) is 11.9 Å². The van der Waals surface area contributed by atoms with E-state index < -0.39 is 0 Å². The molecule has 0 unspecified atom stereocenters. The lowest BCUT2D eigenvalue weighted by atomic mass is 10.1. The molecule has 0 atom stereocenters. The fraction of sp³-hybridized carbons (Fsp3) is 0.333. The highest BCUT2D eigenvalue weighted by Crippen LogP contribution is 2.31. The largest absolute Gasteiger partial charge is 0.496 e. The summed E-state index contributed by atoms with van der Waals surface area (Å²) in [5, 5.41) is 10.1. The van der Waals surface area contributed by atoms with Crippen molar-refractivity contribution in [3.63, 3.8) is 0 Å². The van der Waals surface area contributed by atoms with E-state index in [-0.39, 0.29) is 6.61 Å². The van der Waals surface area contributed by atoms with Gasteiger partial charge in [-0.05, 0) is 11.6 Å². The number of aliphatic hydroxyl groups is 1. The maximum absolute atomic E-state index is 8.96. The van der Waals surface area contributed by atoms with Crippen molar-refractivity contribution in [3.8, 4) is 5.75 Å². The lowest BCUT2D eigenvalue weighted by Gasteiger charge is -2.10. The summed E-state index contributed by atoms with van der Waals surface area (Å²) >= 11 is 9.34. The Morgan fingerprint density at radius 1 is 1.54 bits per heavy atom. The average Bonchev–Trinajstić information content (AvgIpc) is 2.17. The molecule has 0 radical (unpaired) electrons. The summed E-state index contributed by atoms with van der Waals surface area (Å²) in [5.74, 6) is 0.735. The Bertz CT molecular complexity index is 302. The molecule has 2 nitrogen and oxygen atoms in total. The van der Waals surface area contributed by atoms with Gasteiger partial charge in [-0.3, -0.25) is 0 Å². The second-order valence-electron chi connectivity index (χ2n) is 2.51. The standard InChI is InChI=1S/C9H10BrClO2/c1-13-8-3-2-6(5-12)9(11)7(8)4-10/h2-3,12H,4-5H2,1H3. The van der Waals surface area contributed by atoms with Gasteiger partial charge in [0.2, 0.25) is 0 Å². The van der Waals surface area contributed by atoms with E-state index in [2.05, 4.69) is 15.9 Å². The number of hydrogen-bond donors (Lipinski definition) is 1. The third kappa shape index (κ3) is 2.16. The van der Waals surface area contributed by atoms with Gasteiger partial charge in [0.25, 0.3) is 0 Å². The molecule has 1 aromatic rings. The molecule has 1 N–H and O–H groups in total. The van der Waals surface area contributed by atoms with Crippen molar-refractivity contribution in [1.82, 2.24) is 0 Å². The first kappa shape index (κ1) is 10.8. The van der Waals surface area contributed by atoms with Crippen LogP contribution in [0.3, 0.4) is 0 Å². The highest BCUT2D eigenvalue weighted by Gasteiger charge is 2.10. The lowest BCUT2D eigenvalue weighted by Crippen LogP contribution is -1.94. The molecular formula is C9H10BrClO2. The molecule has 4 heteroatoms. The minimum absolute atomic E-state index is 0.0528. The summed E-state index contributed by atoms with van der Waals surface area (Å²) in [5.41, 5.74) is 1.59. The average molecular weight is 266 g/mol. The van der Waals surface area contributed by atoms with Crippen LogP contribution in [-0.2, 0) is 11.9 Å². The lowest BCUT2D eigenvalue weighted by molar-refractivity contribution is 0.281. The number of halogens is 2. The Kier molecular flexibility index (Phi) is 4.03. The van der Waals surface area contributed by atoms with Crippen LogP contribution >= 0.6 is 27.5 Å². The summed E-state index contributed by atoms with van der Waals surface area (Å²) in [6, 6.07) is 3.56. The van der Waals surface area contributed by atoms with E-state index >= 15 is 0 Å². The van der Waals surface area contributed by atoms with Crippen LogP contribution in [0, 0.1) is 0 Å². The van der Waals surface area contributed by atoms with Crippen LogP contribution in [0.5, 0.6) is 5.75 Å². The molecule has 0 amide bonds. The maximum atomic E-state index is 8.96. The van der Waals surface area contributed by atoms with Gasteiger partial charge in [0.05, 0.1) is 18.7 Å². The molecule has 0 heterocycles. The van der Waals surface area contributed by atoms with Crippen LogP contribution in [0.25, 0.3) is 0 Å². The monoisotopic (exact) mass is 264 g/mol. The van der Waals surface area contributed by atoms with Crippen LogP contribution < -0.4 is 4.74 Å². The molecule has 0 aliphatic carbocycles. The topological polar surface area (TPSA) is 29.5 Å². The summed E-state index contributed by atoms with van der Waals surface area (Å²) in [4.78, 5) is 0. The predicted molar refractivity (Wildman–Crippen MR) is 56.6 cm³/mol. The number of aliphatic hydroxyl groups excluding tert-OH is 1. The van der Waals surface area contributed by atoms with Crippen molar-refractivity contribution < 1.29 is 9.84 Å². The van der Waals surface area contributed by atoms with Crippen LogP contribution in [0.2, 0.25) is 5.02 Å². The summed E-state index contributed by atoms with van der Waals surface area (Å²) in [7, 11) is 1.59. The molecule has 13 heavy (non-hydrogen) atoms. The Morgan fingerprint density at radius 2 is 2.23 bits per heavy atom. The molecule has 72 valence electrons. The van der Waals surface area contributed by atoms with Gasteiger partial charge >= 0.3 is 0 Å². The first-order chi connectivity index (χ1) is 6.24. The molecule has 0 fully saturated rings. The summed E-state index contributed by atoms with van der Waals surface area (Å²) in [6.07, 6.45) is 0. The molecule has 0 aliphatic heterocycles. The van der Waals surface area contributed by atoms with Gasteiger partial charge in [0, 0.05) is 10.9 Å². The van der Waals surface area contributed by atoms with Gasteiger partial charge < -0.3 is 9.84 Å². The molecular weight excluding hydrogens is 255 g/mol. The Morgan fingerprint density at radius 3 is 2.69 bits per heavy atom. The van der Waals surface area contributed by atoms with Gasteiger partial charge in [-0.15, -0.1) is 0 Å². The third-order valence-corrected chi connectivity index (χ3v) is 2.84. The smallest absolute Gasteiger partial charge is 0.124 e. The molecule has 0 saturated heterocycles. The fourth-order valence-corrected chi connectivity index (χ4v) is 2.09. The zero-order valence-electron chi connectivity index (χ0n) is 7.18. The highest BCUT2D eigenvalue weighted by atomic mass is 79.9. The van der Waals surface area contributed by atoms with E-state index in [1.807, 2.05) is 0 Å². The van der Waals surface area contributed by atoms with E-state index in [1.165, 1.54) is 0 Å². The highest BCUT2D eigenvalue weighted by molar-refractivity contribution is 9.08. The molecule has 1 rings (SSSR count). The Labute approximate surface area is 90.6 Å². The number of alkyl halides is 1. The minimum Gasteiger partial charge on any atom is -0.496 e. The third-order valence-electron chi connectivity index (χ3n) is 1.80. The van der Waals surface area contributed by atoms with Crippen LogP contribution in [-0.4, -0.2) is 12.2 Å². The summed E-state index contributed by atoms with van der Waals surface area (Å²) in [6.45, 7) is -0.0528. The van der Waals surface area contributed by atoms with Crippen molar-refractivity contribution >= 4 is 27.5 Å². The van der Waals surface area contributed by atoms with Gasteiger partial charge in [-0.1, -0.05) is 33.6 Å². The number of methoxy groups -OCH3 is 1. The van der Waals surface area contributed by atoms with Crippen LogP contribution in [0.15, 0.2) is 12.1 Å². The molecule has 0 spiro atoms. The van der Waals surface area contributed by atoms with E-state index in [1.54, 1.807) is 19.2 Å². The van der Waals surface area contributed by atoms with Crippen molar-refractivity contribution in [2.24, 2.45) is 0 Å². The number of rotatable bonds is 3. The molecule has 0 saturated carbocycles. The Balaban J connectivity index is 3.23. The Hall–Kier alpha value is -0.250. The summed E-state index contributed by atoms with van der Waals surface area (Å²) < 4.78 is 5.12. The first-order valence-electron chi connectivity index (χ1n) is 3.75. The SMILES string of the molecule is COc1ccc(CO)c(Cl)c1CBr. The zero-order chi connectivity index (χ0) is 9.84. The normalized spacial score (nSPS) is 10.2. The number of ether oxygens (including phenoxy) is 1. The van der Waals surface area contributed by atoms with E-state index in [0.29, 0.717) is 10.4 Å². The fourth-order valence-electron chi connectivity index (χ4n) is 1.09. The molecule has 0 aromatic heterocycles. The van der Waals surface area contributed by atoms with Crippen LogP contribution in [0.1, 0.15) is 11.1 Å². The van der Waals surface area contributed by atoms with Gasteiger partial charge in [0.1, 0.15) is 5.75 Å². The van der Waals surface area contributed by atoms with E-state index in [9.17, 15) is 0 Å². The van der Waals surface area contributed by atoms with Crippen molar-refractivity contribution in [2.75, 3.05) is 7.11 Å². The van der Waals surface area contributed by atoms with Gasteiger partial charge in [-0.2, -0.15) is 0 Å². The van der Waals surface area contributed by atoms with E-state index in [0.717, 1.165) is 16.9 Å².